The highest BCUT2D eigenvalue weighted by atomic mass is 79.9. The number of ether oxygens (including phenoxy) is 2. The summed E-state index contributed by atoms with van der Waals surface area (Å²) >= 11 is 3.21. The summed E-state index contributed by atoms with van der Waals surface area (Å²) in [5.74, 6) is -4.30. The van der Waals surface area contributed by atoms with E-state index in [1.807, 2.05) is 0 Å². The largest absolute Gasteiger partial charge is 0.480 e. The molecule has 0 aliphatic carbocycles. The van der Waals surface area contributed by atoms with Crippen LogP contribution in [-0.2, 0) is 9.53 Å². The zero-order chi connectivity index (χ0) is 16.3. The Hall–Kier alpha value is -1.72. The van der Waals surface area contributed by atoms with Gasteiger partial charge < -0.3 is 15.2 Å². The number of nitrogens with zero attached hydrogens (tertiary/aromatic N) is 1. The maximum atomic E-state index is 14.4. The third-order valence-corrected chi connectivity index (χ3v) is 3.63. The lowest BCUT2D eigenvalue weighted by atomic mass is 9.84. The molecule has 1 heterocycles. The molecule has 0 saturated carbocycles. The number of primary amides is 1. The van der Waals surface area contributed by atoms with Crippen molar-refractivity contribution in [3.05, 3.63) is 34.2 Å². The second kappa shape index (κ2) is 6.58. The number of hydrogen-bond donors (Lipinski definition) is 1. The van der Waals surface area contributed by atoms with Crippen molar-refractivity contribution in [2.45, 2.75) is 18.4 Å². The van der Waals surface area contributed by atoms with Crippen LogP contribution >= 0.6 is 15.9 Å². The Morgan fingerprint density at radius 2 is 2.32 bits per heavy atom. The normalized spacial score (nSPS) is 18.2. The minimum Gasteiger partial charge on any atom is -0.480 e. The molecule has 2 rings (SSSR count). The molecule has 2 N–H and O–H groups in total. The van der Waals surface area contributed by atoms with Crippen molar-refractivity contribution in [1.82, 2.24) is 0 Å². The van der Waals surface area contributed by atoms with Crippen molar-refractivity contribution in [1.29, 1.82) is 5.26 Å². The molecule has 1 atom stereocenters. The summed E-state index contributed by atoms with van der Waals surface area (Å²) in [7, 11) is 0. The first-order valence-electron chi connectivity index (χ1n) is 6.30. The molecule has 1 radical (unpaired) electrons. The Labute approximate surface area is 134 Å². The van der Waals surface area contributed by atoms with E-state index in [-0.39, 0.29) is 23.7 Å². The first kappa shape index (κ1) is 16.6. The SMILES string of the molecule is N#CCOCC(F)(F)[C]1C[C@H](C(N)=O)Oc2ccc(Br)cc21. The standard InChI is InChI=1S/C14H12BrF2N2O3/c15-8-1-2-11-9(5-8)10(6-12(22-11)13(19)20)14(16,17)7-21-4-3-18/h1-2,5,12H,4,6-7H2,(H2,19,20)/t12-/m1/s1. The third kappa shape index (κ3) is 3.54. The zero-order valence-corrected chi connectivity index (χ0v) is 12.9. The summed E-state index contributed by atoms with van der Waals surface area (Å²) < 4.78 is 39.4. The monoisotopic (exact) mass is 373 g/mol. The number of benzene rings is 1. The minimum atomic E-state index is -3.34. The van der Waals surface area contributed by atoms with Gasteiger partial charge in [-0.05, 0) is 18.2 Å². The molecular weight excluding hydrogens is 362 g/mol. The van der Waals surface area contributed by atoms with Crippen molar-refractivity contribution in [2.24, 2.45) is 5.73 Å². The van der Waals surface area contributed by atoms with Crippen molar-refractivity contribution in [3.8, 4) is 11.8 Å². The van der Waals surface area contributed by atoms with Crippen LogP contribution in [0, 0.1) is 17.2 Å². The van der Waals surface area contributed by atoms with E-state index >= 15 is 0 Å². The number of carbonyl (C=O) groups excluding carboxylic acids is 1. The first-order chi connectivity index (χ1) is 10.3. The van der Waals surface area contributed by atoms with Gasteiger partial charge in [0.2, 0.25) is 0 Å². The van der Waals surface area contributed by atoms with Crippen molar-refractivity contribution in [3.63, 3.8) is 0 Å². The average molecular weight is 374 g/mol. The van der Waals surface area contributed by atoms with Gasteiger partial charge in [-0.15, -0.1) is 0 Å². The lowest BCUT2D eigenvalue weighted by Crippen LogP contribution is -2.44. The number of alkyl halides is 2. The maximum Gasteiger partial charge on any atom is 0.281 e. The van der Waals surface area contributed by atoms with Gasteiger partial charge in [0.25, 0.3) is 11.8 Å². The summed E-state index contributed by atoms with van der Waals surface area (Å²) in [6.45, 7) is -1.39. The predicted molar refractivity (Wildman–Crippen MR) is 76.1 cm³/mol. The first-order valence-corrected chi connectivity index (χ1v) is 7.09. The fourth-order valence-electron chi connectivity index (χ4n) is 2.15. The average Bonchev–Trinajstić information content (AvgIpc) is 2.46. The topological polar surface area (TPSA) is 85.3 Å². The smallest absolute Gasteiger partial charge is 0.281 e. The quantitative estimate of drug-likeness (QED) is 0.801. The van der Waals surface area contributed by atoms with Crippen molar-refractivity contribution < 1.29 is 23.0 Å². The van der Waals surface area contributed by atoms with E-state index in [0.717, 1.165) is 0 Å². The molecule has 8 heteroatoms. The molecule has 1 aliphatic heterocycles. The Morgan fingerprint density at radius 1 is 1.59 bits per heavy atom. The number of amides is 1. The second-order valence-electron chi connectivity index (χ2n) is 4.69. The van der Waals surface area contributed by atoms with E-state index in [1.54, 1.807) is 12.1 Å². The van der Waals surface area contributed by atoms with Crippen LogP contribution in [-0.4, -0.2) is 31.1 Å². The van der Waals surface area contributed by atoms with Crippen molar-refractivity contribution in [2.75, 3.05) is 13.2 Å². The number of nitrogens with two attached hydrogens (primary N) is 1. The van der Waals surface area contributed by atoms with Gasteiger partial charge in [-0.2, -0.15) is 5.26 Å². The van der Waals surface area contributed by atoms with Crippen LogP contribution in [0.2, 0.25) is 0 Å². The van der Waals surface area contributed by atoms with Crippen LogP contribution in [0.1, 0.15) is 12.0 Å². The summed E-state index contributed by atoms with van der Waals surface area (Å²) in [6.07, 6.45) is -1.49. The number of fused-ring (bicyclic) bond motifs is 1. The molecule has 0 saturated heterocycles. The zero-order valence-electron chi connectivity index (χ0n) is 11.3. The molecule has 0 unspecified atom stereocenters. The Balaban J connectivity index is 2.34. The Bertz CT molecular complexity index is 619. The van der Waals surface area contributed by atoms with E-state index in [2.05, 4.69) is 20.7 Å². The minimum absolute atomic E-state index is 0.160. The summed E-state index contributed by atoms with van der Waals surface area (Å²) in [5.41, 5.74) is 5.37. The molecular formula is C14H12BrF2N2O3. The van der Waals surface area contributed by atoms with E-state index in [9.17, 15) is 13.6 Å². The van der Waals surface area contributed by atoms with Gasteiger partial charge in [0, 0.05) is 16.5 Å². The highest BCUT2D eigenvalue weighted by Crippen LogP contribution is 2.45. The predicted octanol–water partition coefficient (Wildman–Crippen LogP) is 2.18. The number of nitriles is 1. The number of carbonyl (C=O) groups is 1. The molecule has 1 amide bonds. The maximum absolute atomic E-state index is 14.4. The fraction of sp³-hybridized carbons (Fsp3) is 0.357. The summed E-state index contributed by atoms with van der Waals surface area (Å²) in [4.78, 5) is 11.3. The highest BCUT2D eigenvalue weighted by Gasteiger charge is 2.47. The number of hydrogen-bond acceptors (Lipinski definition) is 4. The fourth-order valence-corrected chi connectivity index (χ4v) is 2.51. The molecule has 117 valence electrons. The number of rotatable bonds is 5. The molecule has 1 aliphatic rings. The van der Waals surface area contributed by atoms with Gasteiger partial charge >= 0.3 is 0 Å². The lowest BCUT2D eigenvalue weighted by molar-refractivity contribution is -0.126. The van der Waals surface area contributed by atoms with Gasteiger partial charge in [-0.1, -0.05) is 15.9 Å². The molecule has 0 aromatic heterocycles. The van der Waals surface area contributed by atoms with Gasteiger partial charge in [-0.25, -0.2) is 8.78 Å². The van der Waals surface area contributed by atoms with Gasteiger partial charge in [0.15, 0.2) is 6.10 Å². The van der Waals surface area contributed by atoms with E-state index < -0.39 is 31.1 Å². The molecule has 0 fully saturated rings. The van der Waals surface area contributed by atoms with E-state index in [0.29, 0.717) is 4.47 Å². The van der Waals surface area contributed by atoms with Gasteiger partial charge in [-0.3, -0.25) is 4.79 Å². The molecule has 1 aromatic rings. The second-order valence-corrected chi connectivity index (χ2v) is 5.60. The van der Waals surface area contributed by atoms with Crippen LogP contribution < -0.4 is 10.5 Å². The van der Waals surface area contributed by atoms with Crippen molar-refractivity contribution >= 4 is 21.8 Å². The van der Waals surface area contributed by atoms with E-state index in [1.165, 1.54) is 12.1 Å². The van der Waals surface area contributed by atoms with Crippen LogP contribution in [0.5, 0.6) is 5.75 Å². The molecule has 0 spiro atoms. The Kier molecular flexibility index (Phi) is 4.98. The molecule has 1 aromatic carbocycles. The van der Waals surface area contributed by atoms with Crippen LogP contribution in [0.4, 0.5) is 8.78 Å². The van der Waals surface area contributed by atoms with Crippen LogP contribution in [0.25, 0.3) is 0 Å². The van der Waals surface area contributed by atoms with Crippen LogP contribution in [0.15, 0.2) is 22.7 Å². The lowest BCUT2D eigenvalue weighted by Gasteiger charge is -2.34. The molecule has 5 nitrogen and oxygen atoms in total. The molecule has 22 heavy (non-hydrogen) atoms. The summed E-state index contributed by atoms with van der Waals surface area (Å²) in [5, 5.41) is 8.37. The highest BCUT2D eigenvalue weighted by molar-refractivity contribution is 9.10. The van der Waals surface area contributed by atoms with Crippen LogP contribution in [0.3, 0.4) is 0 Å². The Morgan fingerprint density at radius 3 is 2.95 bits per heavy atom. The summed E-state index contributed by atoms with van der Waals surface area (Å²) in [6, 6.07) is 6.22. The third-order valence-electron chi connectivity index (χ3n) is 3.13. The van der Waals surface area contributed by atoms with Gasteiger partial charge in [0.1, 0.15) is 19.0 Å². The number of halogens is 3. The van der Waals surface area contributed by atoms with Gasteiger partial charge in [0.05, 0.1) is 12.0 Å². The molecule has 0 bridgehead atoms. The van der Waals surface area contributed by atoms with E-state index in [4.69, 9.17) is 15.7 Å².